The normalized spacial score (nSPS) is 11.4. The van der Waals surface area contributed by atoms with Crippen LogP contribution in [0.5, 0.6) is 5.75 Å². The van der Waals surface area contributed by atoms with Crippen molar-refractivity contribution in [2.24, 2.45) is 0 Å². The van der Waals surface area contributed by atoms with E-state index in [2.05, 4.69) is 25.8 Å². The fourth-order valence-electron chi connectivity index (χ4n) is 2.63. The van der Waals surface area contributed by atoms with Gasteiger partial charge in [0, 0.05) is 21.3 Å². The summed E-state index contributed by atoms with van der Waals surface area (Å²) >= 11 is 3.41. The van der Waals surface area contributed by atoms with Crippen molar-refractivity contribution < 1.29 is 17.7 Å². The number of aryl methyl sites for hydroxylation is 2. The lowest BCUT2D eigenvalue weighted by atomic mass is 10.1. The molecule has 2 aromatic carbocycles. The fraction of sp³-hybridized carbons (Fsp3) is 0.211. The van der Waals surface area contributed by atoms with Crippen LogP contribution in [0, 0.1) is 20.8 Å². The molecule has 27 heavy (non-hydrogen) atoms. The molecule has 0 unspecified atom stereocenters. The minimum atomic E-state index is -3.87. The monoisotopic (exact) mass is 450 g/mol. The number of hydrogen-bond acceptors (Lipinski definition) is 5. The van der Waals surface area contributed by atoms with Gasteiger partial charge in [0.2, 0.25) is 0 Å². The number of halogens is 1. The van der Waals surface area contributed by atoms with Crippen molar-refractivity contribution >= 4 is 31.6 Å². The Morgan fingerprint density at radius 2 is 1.85 bits per heavy atom. The molecule has 8 heteroatoms. The summed E-state index contributed by atoms with van der Waals surface area (Å²) in [5.41, 5.74) is 3.62. The van der Waals surface area contributed by atoms with Gasteiger partial charge < -0.3 is 9.26 Å². The highest BCUT2D eigenvalue weighted by Crippen LogP contribution is 2.33. The molecule has 0 aliphatic carbocycles. The fourth-order valence-corrected chi connectivity index (χ4v) is 4.12. The first-order valence-electron chi connectivity index (χ1n) is 8.13. The topological polar surface area (TPSA) is 81.4 Å². The zero-order chi connectivity index (χ0) is 19.8. The Bertz CT molecular complexity index is 1110. The maximum Gasteiger partial charge on any atom is 0.265 e. The van der Waals surface area contributed by atoms with Gasteiger partial charge in [-0.15, -0.1) is 0 Å². The van der Waals surface area contributed by atoms with Gasteiger partial charge in [-0.05, 0) is 62.7 Å². The molecule has 0 fully saturated rings. The van der Waals surface area contributed by atoms with E-state index in [1.807, 2.05) is 20.8 Å². The van der Waals surface area contributed by atoms with E-state index in [4.69, 9.17) is 9.26 Å². The lowest BCUT2D eigenvalue weighted by molar-refractivity contribution is 0.402. The zero-order valence-corrected chi connectivity index (χ0v) is 17.7. The smallest absolute Gasteiger partial charge is 0.265 e. The van der Waals surface area contributed by atoms with Gasteiger partial charge in [-0.3, -0.25) is 4.72 Å². The van der Waals surface area contributed by atoms with Gasteiger partial charge in [0.25, 0.3) is 10.0 Å². The Labute approximate surface area is 166 Å². The van der Waals surface area contributed by atoms with Crippen LogP contribution in [0.2, 0.25) is 0 Å². The molecule has 0 spiro atoms. The summed E-state index contributed by atoms with van der Waals surface area (Å²) in [7, 11) is -2.44. The molecule has 0 aliphatic heterocycles. The minimum absolute atomic E-state index is 0.0246. The first kappa shape index (κ1) is 19.4. The highest BCUT2D eigenvalue weighted by molar-refractivity contribution is 9.10. The number of ether oxygens (including phenoxy) is 1. The van der Waals surface area contributed by atoms with Crippen LogP contribution in [0.15, 0.2) is 50.3 Å². The molecule has 0 bridgehead atoms. The Morgan fingerprint density at radius 3 is 2.44 bits per heavy atom. The predicted molar refractivity (Wildman–Crippen MR) is 108 cm³/mol. The Hall–Kier alpha value is -2.32. The largest absolute Gasteiger partial charge is 0.495 e. The molecule has 0 aliphatic rings. The summed E-state index contributed by atoms with van der Waals surface area (Å²) in [6.45, 7) is 5.60. The second-order valence-electron chi connectivity index (χ2n) is 6.16. The molecule has 3 rings (SSSR count). The maximum atomic E-state index is 13.0. The van der Waals surface area contributed by atoms with Crippen LogP contribution < -0.4 is 9.46 Å². The third-order valence-corrected chi connectivity index (χ3v) is 6.57. The van der Waals surface area contributed by atoms with Crippen LogP contribution in [-0.2, 0) is 10.0 Å². The molecule has 0 amide bonds. The molecule has 6 nitrogen and oxygen atoms in total. The van der Waals surface area contributed by atoms with Gasteiger partial charge >= 0.3 is 0 Å². The molecular formula is C19H19BrN2O4S. The van der Waals surface area contributed by atoms with Crippen molar-refractivity contribution in [2.45, 2.75) is 25.7 Å². The molecule has 3 aromatic rings. The zero-order valence-electron chi connectivity index (χ0n) is 15.3. The van der Waals surface area contributed by atoms with Crippen molar-refractivity contribution in [2.75, 3.05) is 11.8 Å². The van der Waals surface area contributed by atoms with E-state index in [-0.39, 0.29) is 10.6 Å². The Balaban J connectivity index is 2.06. The van der Waals surface area contributed by atoms with Gasteiger partial charge in [0.15, 0.2) is 5.76 Å². The lowest BCUT2D eigenvalue weighted by Gasteiger charge is -2.13. The number of nitrogens with zero attached hydrogens (tertiary/aromatic N) is 1. The number of hydrogen-bond donors (Lipinski definition) is 1. The van der Waals surface area contributed by atoms with Crippen molar-refractivity contribution in [3.63, 3.8) is 0 Å². The third-order valence-electron chi connectivity index (χ3n) is 4.28. The van der Waals surface area contributed by atoms with E-state index in [1.54, 1.807) is 30.3 Å². The first-order valence-corrected chi connectivity index (χ1v) is 10.4. The van der Waals surface area contributed by atoms with E-state index in [1.165, 1.54) is 13.2 Å². The van der Waals surface area contributed by atoms with Crippen molar-refractivity contribution in [3.8, 4) is 17.1 Å². The molecule has 1 N–H and O–H groups in total. The third kappa shape index (κ3) is 3.86. The van der Waals surface area contributed by atoms with Gasteiger partial charge in [-0.2, -0.15) is 0 Å². The van der Waals surface area contributed by atoms with Crippen LogP contribution in [-0.4, -0.2) is 20.7 Å². The molecule has 142 valence electrons. The van der Waals surface area contributed by atoms with Gasteiger partial charge in [0.05, 0.1) is 12.8 Å². The van der Waals surface area contributed by atoms with E-state index in [0.717, 1.165) is 21.3 Å². The Kier molecular flexibility index (Phi) is 5.30. The predicted octanol–water partition coefficient (Wildman–Crippen LogP) is 4.84. The number of methoxy groups -OCH3 is 1. The van der Waals surface area contributed by atoms with Crippen molar-refractivity contribution in [3.05, 3.63) is 57.7 Å². The molecule has 0 saturated heterocycles. The molecule has 0 radical (unpaired) electrons. The molecule has 0 atom stereocenters. The molecule has 1 heterocycles. The Morgan fingerprint density at radius 1 is 1.11 bits per heavy atom. The second-order valence-corrected chi connectivity index (χ2v) is 8.66. The summed E-state index contributed by atoms with van der Waals surface area (Å²) in [6, 6.07) is 10.1. The van der Waals surface area contributed by atoms with E-state index < -0.39 is 10.0 Å². The summed E-state index contributed by atoms with van der Waals surface area (Å²) in [5, 5.41) is 3.94. The van der Waals surface area contributed by atoms with Crippen molar-refractivity contribution in [1.82, 2.24) is 5.16 Å². The summed E-state index contributed by atoms with van der Waals surface area (Å²) in [5.74, 6) is 0.778. The average Bonchev–Trinajstić information content (AvgIpc) is 2.96. The number of aromatic nitrogens is 1. The number of sulfonamides is 1. The van der Waals surface area contributed by atoms with Crippen LogP contribution in [0.3, 0.4) is 0 Å². The number of anilines is 1. The number of rotatable bonds is 5. The van der Waals surface area contributed by atoms with Gasteiger partial charge in [-0.25, -0.2) is 8.42 Å². The van der Waals surface area contributed by atoms with Crippen LogP contribution in [0.25, 0.3) is 11.3 Å². The number of benzene rings is 2. The van der Waals surface area contributed by atoms with Crippen LogP contribution in [0.1, 0.15) is 16.8 Å². The first-order chi connectivity index (χ1) is 12.7. The summed E-state index contributed by atoms with van der Waals surface area (Å²) in [4.78, 5) is 0.0246. The van der Waals surface area contributed by atoms with Gasteiger partial charge in [0.1, 0.15) is 10.6 Å². The maximum absolute atomic E-state index is 13.0. The highest BCUT2D eigenvalue weighted by atomic mass is 79.9. The quantitative estimate of drug-likeness (QED) is 0.601. The van der Waals surface area contributed by atoms with Crippen LogP contribution >= 0.6 is 15.9 Å². The van der Waals surface area contributed by atoms with Crippen molar-refractivity contribution in [1.29, 1.82) is 0 Å². The molecule has 1 aromatic heterocycles. The highest BCUT2D eigenvalue weighted by Gasteiger charge is 2.22. The van der Waals surface area contributed by atoms with Gasteiger partial charge in [-0.1, -0.05) is 21.1 Å². The van der Waals surface area contributed by atoms with Crippen LogP contribution in [0.4, 0.5) is 5.69 Å². The lowest BCUT2D eigenvalue weighted by Crippen LogP contribution is -2.14. The van der Waals surface area contributed by atoms with E-state index in [9.17, 15) is 8.42 Å². The van der Waals surface area contributed by atoms with E-state index >= 15 is 0 Å². The SMILES string of the molecule is COc1ccc(-c2onc(C)c2C)cc1S(=O)(=O)Nc1ccc(Br)c(C)c1. The number of nitrogens with one attached hydrogen (secondary N) is 1. The average molecular weight is 451 g/mol. The standard InChI is InChI=1S/C19H19BrN2O4S/c1-11-9-15(6-7-16(11)20)22-27(23,24)18-10-14(5-8-17(18)25-4)19-12(2)13(3)21-26-19/h5-10,22H,1-4H3. The summed E-state index contributed by atoms with van der Waals surface area (Å²) < 4.78 is 40.1. The molecule has 0 saturated carbocycles. The second kappa shape index (κ2) is 7.36. The minimum Gasteiger partial charge on any atom is -0.495 e. The summed E-state index contributed by atoms with van der Waals surface area (Å²) in [6.07, 6.45) is 0. The molecular weight excluding hydrogens is 432 g/mol. The van der Waals surface area contributed by atoms with E-state index in [0.29, 0.717) is 17.0 Å².